The number of amides is 1. The molecule has 5 heteroatoms. The van der Waals surface area contributed by atoms with Crippen LogP contribution in [-0.2, 0) is 11.2 Å². The van der Waals surface area contributed by atoms with Crippen LogP contribution in [0.3, 0.4) is 0 Å². The maximum Gasteiger partial charge on any atom is 0.241 e. The standard InChI is InChI=1S/C18H18ClFN2O/c1-11(18(23)22-17-9-7-13(19)10-15(17)20)21-16-8-6-12-4-2-3-5-14(12)16/h2-5,7,9-11,16,21H,6,8H2,1H3,(H,22,23). The first-order chi connectivity index (χ1) is 11.0. The average molecular weight is 333 g/mol. The Balaban J connectivity index is 1.64. The predicted molar refractivity (Wildman–Crippen MR) is 90.1 cm³/mol. The van der Waals surface area contributed by atoms with Crippen LogP contribution in [-0.4, -0.2) is 11.9 Å². The third-order valence-electron chi connectivity index (χ3n) is 4.17. The van der Waals surface area contributed by atoms with Gasteiger partial charge in [-0.3, -0.25) is 10.1 Å². The van der Waals surface area contributed by atoms with E-state index in [1.165, 1.54) is 23.3 Å². The van der Waals surface area contributed by atoms with E-state index in [9.17, 15) is 9.18 Å². The molecule has 1 aliphatic carbocycles. The lowest BCUT2D eigenvalue weighted by Gasteiger charge is -2.20. The highest BCUT2D eigenvalue weighted by Crippen LogP contribution is 2.31. The van der Waals surface area contributed by atoms with E-state index in [1.54, 1.807) is 13.0 Å². The molecule has 2 N–H and O–H groups in total. The summed E-state index contributed by atoms with van der Waals surface area (Å²) >= 11 is 5.71. The van der Waals surface area contributed by atoms with Crippen LogP contribution in [0.25, 0.3) is 0 Å². The first-order valence-electron chi connectivity index (χ1n) is 7.64. The molecule has 2 aromatic carbocycles. The SMILES string of the molecule is CC(NC1CCc2ccccc21)C(=O)Nc1ccc(Cl)cc1F. The Bertz CT molecular complexity index is 735. The summed E-state index contributed by atoms with van der Waals surface area (Å²) in [6.45, 7) is 1.78. The molecule has 3 rings (SSSR count). The van der Waals surface area contributed by atoms with Crippen molar-refractivity contribution in [2.24, 2.45) is 0 Å². The number of halogens is 2. The zero-order valence-corrected chi connectivity index (χ0v) is 13.5. The Morgan fingerprint density at radius 2 is 2.09 bits per heavy atom. The molecule has 1 amide bonds. The minimum Gasteiger partial charge on any atom is -0.322 e. The third-order valence-corrected chi connectivity index (χ3v) is 4.40. The predicted octanol–water partition coefficient (Wildman–Crippen LogP) is 4.08. The van der Waals surface area contributed by atoms with Crippen molar-refractivity contribution in [2.75, 3.05) is 5.32 Å². The van der Waals surface area contributed by atoms with E-state index in [0.29, 0.717) is 5.02 Å². The van der Waals surface area contributed by atoms with Gasteiger partial charge in [-0.2, -0.15) is 0 Å². The first kappa shape index (κ1) is 16.0. The topological polar surface area (TPSA) is 41.1 Å². The van der Waals surface area contributed by atoms with Crippen molar-refractivity contribution in [3.05, 3.63) is 64.4 Å². The van der Waals surface area contributed by atoms with Gasteiger partial charge in [0.25, 0.3) is 0 Å². The van der Waals surface area contributed by atoms with Crippen molar-refractivity contribution in [2.45, 2.75) is 31.8 Å². The number of carbonyl (C=O) groups excluding carboxylic acids is 1. The van der Waals surface area contributed by atoms with E-state index < -0.39 is 11.9 Å². The van der Waals surface area contributed by atoms with E-state index in [1.807, 2.05) is 12.1 Å². The van der Waals surface area contributed by atoms with Gasteiger partial charge in [0.15, 0.2) is 0 Å². The lowest BCUT2D eigenvalue weighted by molar-refractivity contribution is -0.118. The Labute approximate surface area is 139 Å². The van der Waals surface area contributed by atoms with Crippen LogP contribution in [0.4, 0.5) is 10.1 Å². The highest BCUT2D eigenvalue weighted by molar-refractivity contribution is 6.30. The van der Waals surface area contributed by atoms with Crippen LogP contribution in [0, 0.1) is 5.82 Å². The molecule has 2 unspecified atom stereocenters. The molecule has 0 spiro atoms. The molecule has 2 atom stereocenters. The zero-order chi connectivity index (χ0) is 16.4. The van der Waals surface area contributed by atoms with Gasteiger partial charge < -0.3 is 5.32 Å². The lowest BCUT2D eigenvalue weighted by Crippen LogP contribution is -2.39. The largest absolute Gasteiger partial charge is 0.322 e. The molecular weight excluding hydrogens is 315 g/mol. The summed E-state index contributed by atoms with van der Waals surface area (Å²) in [5.74, 6) is -0.806. The Kier molecular flexibility index (Phi) is 4.64. The van der Waals surface area contributed by atoms with Crippen LogP contribution < -0.4 is 10.6 Å². The number of carbonyl (C=O) groups is 1. The molecule has 120 valence electrons. The van der Waals surface area contributed by atoms with E-state index in [4.69, 9.17) is 11.6 Å². The number of hydrogen-bond acceptors (Lipinski definition) is 2. The van der Waals surface area contributed by atoms with Crippen molar-refractivity contribution < 1.29 is 9.18 Å². The lowest BCUT2D eigenvalue weighted by atomic mass is 10.1. The summed E-state index contributed by atoms with van der Waals surface area (Å²) in [7, 11) is 0. The van der Waals surface area contributed by atoms with Gasteiger partial charge in [0.2, 0.25) is 5.91 Å². The smallest absolute Gasteiger partial charge is 0.241 e. The quantitative estimate of drug-likeness (QED) is 0.885. The number of anilines is 1. The molecule has 0 saturated carbocycles. The molecule has 0 fully saturated rings. The normalized spacial score (nSPS) is 17.6. The third kappa shape index (κ3) is 3.54. The fourth-order valence-corrected chi connectivity index (χ4v) is 3.10. The van der Waals surface area contributed by atoms with Crippen molar-refractivity contribution in [1.29, 1.82) is 0 Å². The fraction of sp³-hybridized carbons (Fsp3) is 0.278. The summed E-state index contributed by atoms with van der Waals surface area (Å²) in [5.41, 5.74) is 2.70. The van der Waals surface area contributed by atoms with E-state index in [-0.39, 0.29) is 17.6 Å². The highest BCUT2D eigenvalue weighted by Gasteiger charge is 2.25. The molecule has 3 nitrogen and oxygen atoms in total. The van der Waals surface area contributed by atoms with E-state index in [2.05, 4.69) is 22.8 Å². The maximum absolute atomic E-state index is 13.8. The molecule has 0 aliphatic heterocycles. The van der Waals surface area contributed by atoms with Gasteiger partial charge in [-0.15, -0.1) is 0 Å². The Morgan fingerprint density at radius 1 is 1.30 bits per heavy atom. The monoisotopic (exact) mass is 332 g/mol. The summed E-state index contributed by atoms with van der Waals surface area (Å²) in [6.07, 6.45) is 1.97. The number of aryl methyl sites for hydroxylation is 1. The maximum atomic E-state index is 13.8. The Morgan fingerprint density at radius 3 is 2.87 bits per heavy atom. The number of benzene rings is 2. The summed E-state index contributed by atoms with van der Waals surface area (Å²) in [5, 5.41) is 6.23. The Hall–Kier alpha value is -1.91. The van der Waals surface area contributed by atoms with Crippen molar-refractivity contribution in [3.8, 4) is 0 Å². The average Bonchev–Trinajstić information content (AvgIpc) is 2.93. The highest BCUT2D eigenvalue weighted by atomic mass is 35.5. The summed E-state index contributed by atoms with van der Waals surface area (Å²) in [4.78, 5) is 12.3. The molecular formula is C18H18ClFN2O. The summed E-state index contributed by atoms with van der Waals surface area (Å²) in [6, 6.07) is 12.2. The van der Waals surface area contributed by atoms with Gasteiger partial charge in [-0.25, -0.2) is 4.39 Å². The number of hydrogen-bond donors (Lipinski definition) is 2. The molecule has 0 aromatic heterocycles. The minimum atomic E-state index is -0.538. The van der Waals surface area contributed by atoms with Crippen LogP contribution in [0.2, 0.25) is 5.02 Å². The minimum absolute atomic E-state index is 0.139. The molecule has 0 bridgehead atoms. The second-order valence-corrected chi connectivity index (χ2v) is 6.23. The number of nitrogens with one attached hydrogen (secondary N) is 2. The van der Waals surface area contributed by atoms with Gasteiger partial charge in [-0.05, 0) is 49.1 Å². The van der Waals surface area contributed by atoms with E-state index >= 15 is 0 Å². The second-order valence-electron chi connectivity index (χ2n) is 5.79. The zero-order valence-electron chi connectivity index (χ0n) is 12.8. The van der Waals surface area contributed by atoms with Gasteiger partial charge in [0.05, 0.1) is 11.7 Å². The van der Waals surface area contributed by atoms with Gasteiger partial charge >= 0.3 is 0 Å². The van der Waals surface area contributed by atoms with Crippen LogP contribution in [0.15, 0.2) is 42.5 Å². The van der Waals surface area contributed by atoms with Crippen molar-refractivity contribution >= 4 is 23.2 Å². The van der Waals surface area contributed by atoms with Gasteiger partial charge in [0, 0.05) is 11.1 Å². The number of rotatable bonds is 4. The molecule has 0 radical (unpaired) electrons. The van der Waals surface area contributed by atoms with Crippen molar-refractivity contribution in [1.82, 2.24) is 5.32 Å². The van der Waals surface area contributed by atoms with Gasteiger partial charge in [-0.1, -0.05) is 35.9 Å². The van der Waals surface area contributed by atoms with Crippen molar-refractivity contribution in [3.63, 3.8) is 0 Å². The molecule has 23 heavy (non-hydrogen) atoms. The summed E-state index contributed by atoms with van der Waals surface area (Å²) < 4.78 is 13.8. The van der Waals surface area contributed by atoms with Crippen LogP contribution >= 0.6 is 11.6 Å². The fourth-order valence-electron chi connectivity index (χ4n) is 2.94. The first-order valence-corrected chi connectivity index (χ1v) is 8.02. The number of fused-ring (bicyclic) bond motifs is 1. The molecule has 0 heterocycles. The second kappa shape index (κ2) is 6.69. The molecule has 1 aliphatic rings. The van der Waals surface area contributed by atoms with Crippen LogP contribution in [0.5, 0.6) is 0 Å². The van der Waals surface area contributed by atoms with E-state index in [0.717, 1.165) is 12.8 Å². The molecule has 0 saturated heterocycles. The van der Waals surface area contributed by atoms with Gasteiger partial charge in [0.1, 0.15) is 5.82 Å². The molecule has 2 aromatic rings. The van der Waals surface area contributed by atoms with Crippen LogP contribution in [0.1, 0.15) is 30.5 Å².